The van der Waals surface area contributed by atoms with Crippen LogP contribution in [0, 0.1) is 11.8 Å². The molecule has 0 amide bonds. The summed E-state index contributed by atoms with van der Waals surface area (Å²) in [6.07, 6.45) is 0. The van der Waals surface area contributed by atoms with Crippen molar-refractivity contribution in [2.45, 2.75) is 0 Å². The monoisotopic (exact) mass is 334 g/mol. The lowest BCUT2D eigenvalue weighted by Crippen LogP contribution is -1.79. The van der Waals surface area contributed by atoms with Gasteiger partial charge in [0, 0.05) is 20.1 Å². The standard InChI is InChI=1S/C14H8Br2/c15-13-8-4-7-12(14(13)16)10-9-11-5-2-1-3-6-11/h1-8H. The molecule has 0 atom stereocenters. The van der Waals surface area contributed by atoms with Gasteiger partial charge in [-0.3, -0.25) is 0 Å². The van der Waals surface area contributed by atoms with E-state index in [0.29, 0.717) is 0 Å². The van der Waals surface area contributed by atoms with Crippen molar-refractivity contribution < 1.29 is 0 Å². The second kappa shape index (κ2) is 5.34. The molecular weight excluding hydrogens is 328 g/mol. The maximum atomic E-state index is 3.50. The summed E-state index contributed by atoms with van der Waals surface area (Å²) in [5.41, 5.74) is 2.01. The van der Waals surface area contributed by atoms with E-state index in [0.717, 1.165) is 20.1 Å². The lowest BCUT2D eigenvalue weighted by atomic mass is 10.2. The lowest BCUT2D eigenvalue weighted by molar-refractivity contribution is 1.54. The quantitative estimate of drug-likeness (QED) is 0.617. The van der Waals surface area contributed by atoms with Gasteiger partial charge < -0.3 is 0 Å². The highest BCUT2D eigenvalue weighted by molar-refractivity contribution is 9.13. The minimum absolute atomic E-state index is 0.984. The van der Waals surface area contributed by atoms with E-state index >= 15 is 0 Å². The van der Waals surface area contributed by atoms with Crippen LogP contribution in [-0.2, 0) is 0 Å². The zero-order valence-electron chi connectivity index (χ0n) is 8.37. The average molecular weight is 336 g/mol. The van der Waals surface area contributed by atoms with Gasteiger partial charge in [0.15, 0.2) is 0 Å². The van der Waals surface area contributed by atoms with Crippen LogP contribution in [0.3, 0.4) is 0 Å². The Bertz CT molecular complexity index is 548. The number of rotatable bonds is 0. The van der Waals surface area contributed by atoms with Gasteiger partial charge in [-0.1, -0.05) is 36.1 Å². The van der Waals surface area contributed by atoms with Crippen molar-refractivity contribution in [3.05, 3.63) is 68.6 Å². The molecule has 0 saturated carbocycles. The molecule has 0 N–H and O–H groups in total. The molecule has 0 aliphatic heterocycles. The Morgan fingerprint density at radius 3 is 2.25 bits per heavy atom. The number of halogens is 2. The minimum Gasteiger partial charge on any atom is -0.0622 e. The van der Waals surface area contributed by atoms with Crippen LogP contribution >= 0.6 is 31.9 Å². The van der Waals surface area contributed by atoms with Crippen LogP contribution in [0.1, 0.15) is 11.1 Å². The van der Waals surface area contributed by atoms with E-state index in [4.69, 9.17) is 0 Å². The molecule has 0 bridgehead atoms. The maximum Gasteiger partial charge on any atom is 0.0474 e. The molecule has 0 spiro atoms. The first kappa shape index (κ1) is 11.4. The van der Waals surface area contributed by atoms with E-state index in [-0.39, 0.29) is 0 Å². The Hall–Kier alpha value is -1.04. The molecule has 0 unspecified atom stereocenters. The fourth-order valence-electron chi connectivity index (χ4n) is 1.26. The smallest absolute Gasteiger partial charge is 0.0474 e. The van der Waals surface area contributed by atoms with Gasteiger partial charge in [-0.05, 0) is 56.1 Å². The van der Waals surface area contributed by atoms with E-state index in [1.54, 1.807) is 0 Å². The van der Waals surface area contributed by atoms with Gasteiger partial charge in [-0.15, -0.1) is 0 Å². The predicted octanol–water partition coefficient (Wildman–Crippen LogP) is 4.61. The second-order valence-electron chi connectivity index (χ2n) is 3.22. The highest BCUT2D eigenvalue weighted by Crippen LogP contribution is 2.25. The third-order valence-corrected chi connectivity index (χ3v) is 4.11. The molecular formula is C14H8Br2. The Morgan fingerprint density at radius 1 is 0.750 bits per heavy atom. The van der Waals surface area contributed by atoms with Crippen molar-refractivity contribution in [3.63, 3.8) is 0 Å². The summed E-state index contributed by atoms with van der Waals surface area (Å²) in [6.45, 7) is 0. The zero-order valence-corrected chi connectivity index (χ0v) is 11.5. The van der Waals surface area contributed by atoms with Gasteiger partial charge in [0.05, 0.1) is 0 Å². The molecule has 0 radical (unpaired) electrons. The van der Waals surface area contributed by atoms with E-state index in [1.165, 1.54) is 0 Å². The Balaban J connectivity index is 2.35. The van der Waals surface area contributed by atoms with Crippen LogP contribution in [0.5, 0.6) is 0 Å². The van der Waals surface area contributed by atoms with Gasteiger partial charge in [0.25, 0.3) is 0 Å². The second-order valence-corrected chi connectivity index (χ2v) is 4.86. The molecule has 2 aromatic rings. The summed E-state index contributed by atoms with van der Waals surface area (Å²) < 4.78 is 2.02. The van der Waals surface area contributed by atoms with Crippen molar-refractivity contribution in [1.29, 1.82) is 0 Å². The molecule has 2 rings (SSSR count). The zero-order chi connectivity index (χ0) is 11.4. The normalized spacial score (nSPS) is 9.38. The molecule has 2 aromatic carbocycles. The van der Waals surface area contributed by atoms with E-state index in [2.05, 4.69) is 43.7 Å². The average Bonchev–Trinajstić information content (AvgIpc) is 2.32. The summed E-state index contributed by atoms with van der Waals surface area (Å²) in [7, 11) is 0. The molecule has 78 valence electrons. The number of benzene rings is 2. The molecule has 0 fully saturated rings. The largest absolute Gasteiger partial charge is 0.0622 e. The lowest BCUT2D eigenvalue weighted by Gasteiger charge is -1.97. The third kappa shape index (κ3) is 2.75. The summed E-state index contributed by atoms with van der Waals surface area (Å²) in [4.78, 5) is 0. The molecule has 2 heteroatoms. The molecule has 0 heterocycles. The van der Waals surface area contributed by atoms with Crippen LogP contribution in [0.15, 0.2) is 57.5 Å². The summed E-state index contributed by atoms with van der Waals surface area (Å²) in [5, 5.41) is 0. The van der Waals surface area contributed by atoms with Crippen molar-refractivity contribution >= 4 is 31.9 Å². The molecule has 0 aromatic heterocycles. The van der Waals surface area contributed by atoms with Crippen LogP contribution in [0.25, 0.3) is 0 Å². The number of hydrogen-bond acceptors (Lipinski definition) is 0. The molecule has 0 aliphatic rings. The first-order chi connectivity index (χ1) is 7.77. The van der Waals surface area contributed by atoms with Gasteiger partial charge in [0.1, 0.15) is 0 Å². The fourth-order valence-corrected chi connectivity index (χ4v) is 1.99. The first-order valence-electron chi connectivity index (χ1n) is 4.78. The highest BCUT2D eigenvalue weighted by atomic mass is 79.9. The highest BCUT2D eigenvalue weighted by Gasteiger charge is 1.99. The maximum absolute atomic E-state index is 3.50. The summed E-state index contributed by atoms with van der Waals surface area (Å²) in [5.74, 6) is 6.27. The van der Waals surface area contributed by atoms with Crippen molar-refractivity contribution in [2.24, 2.45) is 0 Å². The first-order valence-corrected chi connectivity index (χ1v) is 6.37. The SMILES string of the molecule is Brc1cccc(C#Cc2ccccc2)c1Br. The molecule has 0 saturated heterocycles. The summed E-state index contributed by atoms with van der Waals surface area (Å²) >= 11 is 6.96. The van der Waals surface area contributed by atoms with E-state index in [9.17, 15) is 0 Å². The van der Waals surface area contributed by atoms with Gasteiger partial charge in [0.2, 0.25) is 0 Å². The Kier molecular flexibility index (Phi) is 3.82. The number of hydrogen-bond donors (Lipinski definition) is 0. The molecule has 0 nitrogen and oxygen atoms in total. The fraction of sp³-hybridized carbons (Fsp3) is 0. The van der Waals surface area contributed by atoms with Crippen LogP contribution in [0.2, 0.25) is 0 Å². The molecule has 0 aliphatic carbocycles. The van der Waals surface area contributed by atoms with Crippen LogP contribution < -0.4 is 0 Å². The van der Waals surface area contributed by atoms with E-state index < -0.39 is 0 Å². The van der Waals surface area contributed by atoms with Crippen LogP contribution in [-0.4, -0.2) is 0 Å². The minimum atomic E-state index is 0.984. The van der Waals surface area contributed by atoms with Crippen molar-refractivity contribution in [1.82, 2.24) is 0 Å². The molecule has 16 heavy (non-hydrogen) atoms. The Labute approximate surface area is 112 Å². The van der Waals surface area contributed by atoms with Gasteiger partial charge >= 0.3 is 0 Å². The predicted molar refractivity (Wildman–Crippen MR) is 74.3 cm³/mol. The van der Waals surface area contributed by atoms with Crippen molar-refractivity contribution in [3.8, 4) is 11.8 Å². The topological polar surface area (TPSA) is 0 Å². The van der Waals surface area contributed by atoms with Crippen molar-refractivity contribution in [2.75, 3.05) is 0 Å². The summed E-state index contributed by atoms with van der Waals surface area (Å²) in [6, 6.07) is 15.9. The third-order valence-electron chi connectivity index (χ3n) is 2.07. The van der Waals surface area contributed by atoms with Gasteiger partial charge in [-0.2, -0.15) is 0 Å². The Morgan fingerprint density at radius 2 is 1.50 bits per heavy atom. The van der Waals surface area contributed by atoms with Gasteiger partial charge in [-0.25, -0.2) is 0 Å². The van der Waals surface area contributed by atoms with E-state index in [1.807, 2.05) is 48.5 Å². The van der Waals surface area contributed by atoms with Crippen LogP contribution in [0.4, 0.5) is 0 Å².